The number of amides is 1. The van der Waals surface area contributed by atoms with Crippen LogP contribution in [-0.2, 0) is 4.79 Å². The number of carbonyl (C=O) groups excluding carboxylic acids is 1. The average molecular weight is 315 g/mol. The molecule has 0 aliphatic carbocycles. The van der Waals surface area contributed by atoms with E-state index in [9.17, 15) is 4.79 Å². The van der Waals surface area contributed by atoms with Crippen LogP contribution in [0.25, 0.3) is 0 Å². The number of benzene rings is 1. The first-order valence-electron chi connectivity index (χ1n) is 9.07. The number of nitrogens with two attached hydrogens (primary N) is 1. The van der Waals surface area contributed by atoms with Gasteiger partial charge in [-0.25, -0.2) is 0 Å². The molecule has 4 heteroatoms. The van der Waals surface area contributed by atoms with Crippen molar-refractivity contribution in [2.75, 3.05) is 32.7 Å². The maximum atomic E-state index is 12.8. The van der Waals surface area contributed by atoms with Crippen molar-refractivity contribution in [1.82, 2.24) is 9.80 Å². The molecule has 1 amide bonds. The van der Waals surface area contributed by atoms with E-state index in [-0.39, 0.29) is 11.8 Å². The molecule has 1 aromatic carbocycles. The van der Waals surface area contributed by atoms with E-state index in [0.29, 0.717) is 12.6 Å². The Morgan fingerprint density at radius 3 is 2.30 bits per heavy atom. The van der Waals surface area contributed by atoms with Crippen LogP contribution in [0.3, 0.4) is 0 Å². The van der Waals surface area contributed by atoms with Gasteiger partial charge in [-0.3, -0.25) is 4.79 Å². The SMILES string of the molecule is NCC(C(=O)N1CCC(N2CCCCC2)CC1)c1ccccc1. The number of carbonyl (C=O) groups is 1. The molecule has 0 radical (unpaired) electrons. The molecule has 0 aromatic heterocycles. The van der Waals surface area contributed by atoms with Crippen LogP contribution in [0, 0.1) is 0 Å². The number of hydrogen-bond acceptors (Lipinski definition) is 3. The van der Waals surface area contributed by atoms with Crippen LogP contribution in [0.15, 0.2) is 30.3 Å². The molecule has 2 saturated heterocycles. The summed E-state index contributed by atoms with van der Waals surface area (Å²) < 4.78 is 0. The first-order chi connectivity index (χ1) is 11.3. The number of piperidine rings is 2. The van der Waals surface area contributed by atoms with E-state index in [2.05, 4.69) is 4.90 Å². The third-order valence-electron chi connectivity index (χ3n) is 5.42. The first kappa shape index (κ1) is 16.5. The Morgan fingerprint density at radius 1 is 1.04 bits per heavy atom. The first-order valence-corrected chi connectivity index (χ1v) is 9.07. The normalized spacial score (nSPS) is 22.0. The van der Waals surface area contributed by atoms with Crippen LogP contribution < -0.4 is 5.73 Å². The van der Waals surface area contributed by atoms with Gasteiger partial charge in [0.1, 0.15) is 0 Å². The van der Waals surface area contributed by atoms with Gasteiger partial charge in [-0.2, -0.15) is 0 Å². The molecule has 2 aliphatic heterocycles. The summed E-state index contributed by atoms with van der Waals surface area (Å²) in [6, 6.07) is 10.6. The van der Waals surface area contributed by atoms with E-state index < -0.39 is 0 Å². The smallest absolute Gasteiger partial charge is 0.231 e. The molecule has 126 valence electrons. The van der Waals surface area contributed by atoms with E-state index in [1.165, 1.54) is 32.4 Å². The quantitative estimate of drug-likeness (QED) is 0.927. The van der Waals surface area contributed by atoms with Gasteiger partial charge in [-0.1, -0.05) is 36.8 Å². The monoisotopic (exact) mass is 315 g/mol. The second-order valence-corrected chi connectivity index (χ2v) is 6.85. The summed E-state index contributed by atoms with van der Waals surface area (Å²) in [5.41, 5.74) is 6.94. The maximum Gasteiger partial charge on any atom is 0.231 e. The summed E-state index contributed by atoms with van der Waals surface area (Å²) in [6.45, 7) is 4.63. The largest absolute Gasteiger partial charge is 0.342 e. The molecule has 1 atom stereocenters. The van der Waals surface area contributed by atoms with E-state index in [0.717, 1.165) is 31.5 Å². The van der Waals surface area contributed by atoms with Crippen LogP contribution in [0.1, 0.15) is 43.6 Å². The minimum atomic E-state index is -0.192. The zero-order chi connectivity index (χ0) is 16.1. The van der Waals surface area contributed by atoms with Gasteiger partial charge in [0, 0.05) is 25.7 Å². The molecule has 1 aromatic rings. The Labute approximate surface area is 139 Å². The van der Waals surface area contributed by atoms with Gasteiger partial charge in [-0.05, 0) is 44.3 Å². The minimum absolute atomic E-state index is 0.192. The lowest BCUT2D eigenvalue weighted by Crippen LogP contribution is -2.49. The molecule has 3 rings (SSSR count). The van der Waals surface area contributed by atoms with Crippen molar-refractivity contribution in [3.63, 3.8) is 0 Å². The Kier molecular flexibility index (Phi) is 5.68. The van der Waals surface area contributed by atoms with Crippen molar-refractivity contribution in [2.45, 2.75) is 44.1 Å². The van der Waals surface area contributed by atoms with Crippen molar-refractivity contribution in [3.05, 3.63) is 35.9 Å². The molecule has 2 fully saturated rings. The highest BCUT2D eigenvalue weighted by molar-refractivity contribution is 5.84. The molecule has 2 N–H and O–H groups in total. The minimum Gasteiger partial charge on any atom is -0.342 e. The molecule has 0 saturated carbocycles. The number of rotatable bonds is 4. The van der Waals surface area contributed by atoms with Crippen molar-refractivity contribution in [2.24, 2.45) is 5.73 Å². The van der Waals surface area contributed by atoms with Gasteiger partial charge in [0.05, 0.1) is 5.92 Å². The molecular weight excluding hydrogens is 286 g/mol. The standard InChI is InChI=1S/C19H29N3O/c20-15-18(16-7-3-1-4-8-16)19(23)22-13-9-17(10-14-22)21-11-5-2-6-12-21/h1,3-4,7-8,17-18H,2,5-6,9-15,20H2. The molecular formula is C19H29N3O. The van der Waals surface area contributed by atoms with Gasteiger partial charge in [0.25, 0.3) is 0 Å². The lowest BCUT2D eigenvalue weighted by atomic mass is 9.95. The van der Waals surface area contributed by atoms with Crippen molar-refractivity contribution < 1.29 is 4.79 Å². The summed E-state index contributed by atoms with van der Waals surface area (Å²) in [5, 5.41) is 0. The zero-order valence-corrected chi connectivity index (χ0v) is 14.0. The van der Waals surface area contributed by atoms with Crippen molar-refractivity contribution in [1.29, 1.82) is 0 Å². The highest BCUT2D eigenvalue weighted by atomic mass is 16.2. The van der Waals surface area contributed by atoms with E-state index in [1.807, 2.05) is 35.2 Å². The van der Waals surface area contributed by atoms with Crippen molar-refractivity contribution in [3.8, 4) is 0 Å². The van der Waals surface area contributed by atoms with Gasteiger partial charge >= 0.3 is 0 Å². The summed E-state index contributed by atoms with van der Waals surface area (Å²) in [6.07, 6.45) is 6.27. The Balaban J connectivity index is 1.57. The van der Waals surface area contributed by atoms with Gasteiger partial charge in [0.2, 0.25) is 5.91 Å². The Hall–Kier alpha value is -1.39. The maximum absolute atomic E-state index is 12.8. The molecule has 0 spiro atoms. The number of nitrogens with zero attached hydrogens (tertiary/aromatic N) is 2. The third kappa shape index (κ3) is 3.93. The van der Waals surface area contributed by atoms with Crippen LogP contribution in [0.5, 0.6) is 0 Å². The summed E-state index contributed by atoms with van der Waals surface area (Å²) >= 11 is 0. The fraction of sp³-hybridized carbons (Fsp3) is 0.632. The molecule has 23 heavy (non-hydrogen) atoms. The predicted octanol–water partition coefficient (Wildman–Crippen LogP) is 2.21. The van der Waals surface area contributed by atoms with E-state index in [4.69, 9.17) is 5.73 Å². The molecule has 4 nitrogen and oxygen atoms in total. The van der Waals surface area contributed by atoms with Crippen LogP contribution in [0.4, 0.5) is 0 Å². The summed E-state index contributed by atoms with van der Waals surface area (Å²) in [7, 11) is 0. The second kappa shape index (κ2) is 7.93. The lowest BCUT2D eigenvalue weighted by molar-refractivity contribution is -0.134. The fourth-order valence-electron chi connectivity index (χ4n) is 4.02. The Bertz CT molecular complexity index is 491. The summed E-state index contributed by atoms with van der Waals surface area (Å²) in [5.74, 6) is 0.0125. The number of likely N-dealkylation sites (tertiary alicyclic amines) is 2. The fourth-order valence-corrected chi connectivity index (χ4v) is 4.02. The molecule has 0 bridgehead atoms. The van der Waals surface area contributed by atoms with E-state index in [1.54, 1.807) is 0 Å². The third-order valence-corrected chi connectivity index (χ3v) is 5.42. The van der Waals surface area contributed by atoms with Gasteiger partial charge in [-0.15, -0.1) is 0 Å². The highest BCUT2D eigenvalue weighted by Crippen LogP contribution is 2.24. The van der Waals surface area contributed by atoms with Crippen LogP contribution in [-0.4, -0.2) is 54.5 Å². The topological polar surface area (TPSA) is 49.6 Å². The van der Waals surface area contributed by atoms with E-state index >= 15 is 0 Å². The van der Waals surface area contributed by atoms with Crippen LogP contribution in [0.2, 0.25) is 0 Å². The predicted molar refractivity (Wildman–Crippen MR) is 93.3 cm³/mol. The Morgan fingerprint density at radius 2 is 1.70 bits per heavy atom. The van der Waals surface area contributed by atoms with Gasteiger partial charge < -0.3 is 15.5 Å². The summed E-state index contributed by atoms with van der Waals surface area (Å²) in [4.78, 5) is 17.5. The highest BCUT2D eigenvalue weighted by Gasteiger charge is 2.30. The number of hydrogen-bond donors (Lipinski definition) is 1. The van der Waals surface area contributed by atoms with Gasteiger partial charge in [0.15, 0.2) is 0 Å². The molecule has 2 aliphatic rings. The van der Waals surface area contributed by atoms with Crippen LogP contribution >= 0.6 is 0 Å². The lowest BCUT2D eigenvalue weighted by Gasteiger charge is -2.41. The molecule has 2 heterocycles. The second-order valence-electron chi connectivity index (χ2n) is 6.85. The molecule has 1 unspecified atom stereocenters. The van der Waals surface area contributed by atoms with Crippen molar-refractivity contribution >= 4 is 5.91 Å². The average Bonchev–Trinajstić information content (AvgIpc) is 2.64. The zero-order valence-electron chi connectivity index (χ0n) is 14.0.